The van der Waals surface area contributed by atoms with E-state index in [-0.39, 0.29) is 24.4 Å². The summed E-state index contributed by atoms with van der Waals surface area (Å²) in [7, 11) is 0. The molecule has 1 aliphatic heterocycles. The number of carbonyl (C=O) groups excluding carboxylic acids is 1. The molecule has 1 N–H and O–H groups in total. The van der Waals surface area contributed by atoms with Crippen LogP contribution in [0.5, 0.6) is 0 Å². The predicted molar refractivity (Wildman–Crippen MR) is 89.9 cm³/mol. The molecule has 1 saturated heterocycles. The van der Waals surface area contributed by atoms with Crippen LogP contribution in [0.3, 0.4) is 0 Å². The zero-order valence-corrected chi connectivity index (χ0v) is 14.6. The average Bonchev–Trinajstić information content (AvgIpc) is 2.95. The monoisotopic (exact) mass is 338 g/mol. The van der Waals surface area contributed by atoms with Gasteiger partial charge in [0.25, 0.3) is 5.78 Å². The molecule has 3 heterocycles. The van der Waals surface area contributed by atoms with Crippen molar-refractivity contribution in [1.29, 1.82) is 0 Å². The third-order valence-corrected chi connectivity index (χ3v) is 4.40. The van der Waals surface area contributed by atoms with Crippen molar-refractivity contribution >= 4 is 24.1 Å². The van der Waals surface area contributed by atoms with Gasteiger partial charge >= 0.3 is 0 Å². The lowest BCUT2D eigenvalue weighted by Crippen LogP contribution is -2.52. The number of halogens is 1. The van der Waals surface area contributed by atoms with Crippen molar-refractivity contribution in [2.24, 2.45) is 0 Å². The van der Waals surface area contributed by atoms with E-state index in [0.717, 1.165) is 36.6 Å². The lowest BCUT2D eigenvalue weighted by atomic mass is 10.1. The van der Waals surface area contributed by atoms with Crippen molar-refractivity contribution in [3.63, 3.8) is 0 Å². The largest absolute Gasteiger partial charge is 0.337 e. The van der Waals surface area contributed by atoms with Gasteiger partial charge in [0.05, 0.1) is 0 Å². The maximum Gasteiger partial charge on any atom is 0.252 e. The summed E-state index contributed by atoms with van der Waals surface area (Å²) in [5.41, 5.74) is 3.04. The Hall–Kier alpha value is -1.73. The Morgan fingerprint density at radius 2 is 2.22 bits per heavy atom. The first kappa shape index (κ1) is 17.6. The number of nitrogens with one attached hydrogen (secondary N) is 1. The van der Waals surface area contributed by atoms with Gasteiger partial charge in [-0.3, -0.25) is 4.79 Å². The molecule has 2 aromatic heterocycles. The number of fused-ring (bicyclic) bond motifs is 1. The molecule has 2 aromatic rings. The van der Waals surface area contributed by atoms with Crippen molar-refractivity contribution in [3.05, 3.63) is 23.3 Å². The summed E-state index contributed by atoms with van der Waals surface area (Å²) < 4.78 is 1.74. The SMILES string of the molecule is Cc1nc2ncnn2c(C)c1CCC(=O)N1CCNCC1C.Cl. The molecule has 8 heteroatoms. The quantitative estimate of drug-likeness (QED) is 0.900. The van der Waals surface area contributed by atoms with Gasteiger partial charge in [-0.2, -0.15) is 10.1 Å². The molecule has 1 aliphatic rings. The fraction of sp³-hybridized carbons (Fsp3) is 0.600. The first-order valence-corrected chi connectivity index (χ1v) is 7.74. The van der Waals surface area contributed by atoms with Crippen LogP contribution in [0.2, 0.25) is 0 Å². The molecule has 0 aliphatic carbocycles. The first-order valence-electron chi connectivity index (χ1n) is 7.74. The number of aromatic nitrogens is 4. The fourth-order valence-corrected chi connectivity index (χ4v) is 3.10. The molecule has 0 spiro atoms. The topological polar surface area (TPSA) is 75.4 Å². The molecule has 7 nitrogen and oxygen atoms in total. The van der Waals surface area contributed by atoms with Gasteiger partial charge in [0.15, 0.2) is 0 Å². The smallest absolute Gasteiger partial charge is 0.252 e. The number of aryl methyl sites for hydroxylation is 2. The van der Waals surface area contributed by atoms with E-state index >= 15 is 0 Å². The standard InChI is InChI=1S/C15H22N6O.ClH/c1-10-8-16-6-7-20(10)14(22)5-4-13-11(2)19-15-17-9-18-21(15)12(13)3;/h9-10,16H,4-8H2,1-3H3;1H. The Bertz CT molecular complexity index is 701. The van der Waals surface area contributed by atoms with Crippen LogP contribution in [0, 0.1) is 13.8 Å². The molecular formula is C15H23ClN6O. The Labute approximate surface area is 141 Å². The lowest BCUT2D eigenvalue weighted by Gasteiger charge is -2.34. The number of rotatable bonds is 3. The summed E-state index contributed by atoms with van der Waals surface area (Å²) in [5.74, 6) is 0.826. The Morgan fingerprint density at radius 3 is 2.96 bits per heavy atom. The van der Waals surface area contributed by atoms with Gasteiger partial charge in [-0.1, -0.05) is 0 Å². The van der Waals surface area contributed by atoms with E-state index in [4.69, 9.17) is 0 Å². The summed E-state index contributed by atoms with van der Waals surface area (Å²) in [6.45, 7) is 8.59. The summed E-state index contributed by atoms with van der Waals surface area (Å²) in [5, 5.41) is 7.49. The van der Waals surface area contributed by atoms with E-state index in [9.17, 15) is 4.79 Å². The molecular weight excluding hydrogens is 316 g/mol. The summed E-state index contributed by atoms with van der Waals surface area (Å²) in [6, 6.07) is 0.263. The van der Waals surface area contributed by atoms with Gasteiger partial charge in [0.1, 0.15) is 6.33 Å². The molecule has 23 heavy (non-hydrogen) atoms. The van der Waals surface area contributed by atoms with Crippen LogP contribution in [-0.2, 0) is 11.2 Å². The van der Waals surface area contributed by atoms with Crippen molar-refractivity contribution in [3.8, 4) is 0 Å². The van der Waals surface area contributed by atoms with E-state index < -0.39 is 0 Å². The molecule has 0 bridgehead atoms. The average molecular weight is 339 g/mol. The van der Waals surface area contributed by atoms with Gasteiger partial charge in [0, 0.05) is 43.5 Å². The molecule has 1 fully saturated rings. The number of amides is 1. The molecule has 0 aromatic carbocycles. The molecule has 0 saturated carbocycles. The zero-order chi connectivity index (χ0) is 15.7. The van der Waals surface area contributed by atoms with E-state index in [0.29, 0.717) is 18.6 Å². The lowest BCUT2D eigenvalue weighted by molar-refractivity contribution is -0.133. The maximum absolute atomic E-state index is 12.5. The predicted octanol–water partition coefficient (Wildman–Crippen LogP) is 0.916. The number of hydrogen-bond acceptors (Lipinski definition) is 5. The molecule has 1 atom stereocenters. The first-order chi connectivity index (χ1) is 10.6. The van der Waals surface area contributed by atoms with Gasteiger partial charge in [0.2, 0.25) is 5.91 Å². The summed E-state index contributed by atoms with van der Waals surface area (Å²) >= 11 is 0. The van der Waals surface area contributed by atoms with E-state index in [1.54, 1.807) is 4.52 Å². The highest BCUT2D eigenvalue weighted by molar-refractivity contribution is 5.85. The van der Waals surface area contributed by atoms with Crippen LogP contribution in [0.4, 0.5) is 0 Å². The fourth-order valence-electron chi connectivity index (χ4n) is 3.10. The highest BCUT2D eigenvalue weighted by Crippen LogP contribution is 2.16. The zero-order valence-electron chi connectivity index (χ0n) is 13.7. The van der Waals surface area contributed by atoms with E-state index in [2.05, 4.69) is 27.3 Å². The molecule has 3 rings (SSSR count). The van der Waals surface area contributed by atoms with E-state index in [1.807, 2.05) is 18.7 Å². The molecule has 0 radical (unpaired) electrons. The second kappa shape index (κ2) is 7.23. The van der Waals surface area contributed by atoms with E-state index in [1.165, 1.54) is 6.33 Å². The highest BCUT2D eigenvalue weighted by atomic mass is 35.5. The maximum atomic E-state index is 12.5. The van der Waals surface area contributed by atoms with Crippen LogP contribution >= 0.6 is 12.4 Å². The number of piperazine rings is 1. The van der Waals surface area contributed by atoms with Crippen LogP contribution < -0.4 is 5.32 Å². The molecule has 126 valence electrons. The van der Waals surface area contributed by atoms with Crippen LogP contribution in [0.1, 0.15) is 30.3 Å². The second-order valence-corrected chi connectivity index (χ2v) is 5.87. The van der Waals surface area contributed by atoms with Crippen molar-refractivity contribution in [2.45, 2.75) is 39.7 Å². The van der Waals surface area contributed by atoms with Crippen LogP contribution in [0.25, 0.3) is 5.78 Å². The van der Waals surface area contributed by atoms with Crippen LogP contribution in [0.15, 0.2) is 6.33 Å². The minimum atomic E-state index is 0. The summed E-state index contributed by atoms with van der Waals surface area (Å²) in [6.07, 6.45) is 2.70. The highest BCUT2D eigenvalue weighted by Gasteiger charge is 2.23. The number of nitrogens with zero attached hydrogens (tertiary/aromatic N) is 5. The number of hydrogen-bond donors (Lipinski definition) is 1. The normalized spacial score (nSPS) is 18.0. The second-order valence-electron chi connectivity index (χ2n) is 5.87. The van der Waals surface area contributed by atoms with Gasteiger partial charge < -0.3 is 10.2 Å². The minimum absolute atomic E-state index is 0. The van der Waals surface area contributed by atoms with Gasteiger partial charge in [-0.05, 0) is 32.8 Å². The van der Waals surface area contributed by atoms with Gasteiger partial charge in [-0.15, -0.1) is 12.4 Å². The molecule has 1 amide bonds. The Balaban J connectivity index is 0.00000192. The van der Waals surface area contributed by atoms with Crippen molar-refractivity contribution in [1.82, 2.24) is 29.8 Å². The van der Waals surface area contributed by atoms with Crippen molar-refractivity contribution < 1.29 is 4.79 Å². The van der Waals surface area contributed by atoms with Gasteiger partial charge in [-0.25, -0.2) is 9.50 Å². The Kier molecular flexibility index (Phi) is 5.54. The molecule has 1 unspecified atom stereocenters. The van der Waals surface area contributed by atoms with Crippen molar-refractivity contribution in [2.75, 3.05) is 19.6 Å². The minimum Gasteiger partial charge on any atom is -0.337 e. The third-order valence-electron chi connectivity index (χ3n) is 4.40. The third kappa shape index (κ3) is 3.45. The summed E-state index contributed by atoms with van der Waals surface area (Å²) in [4.78, 5) is 23.0. The Morgan fingerprint density at radius 1 is 1.43 bits per heavy atom. The van der Waals surface area contributed by atoms with Crippen LogP contribution in [-0.4, -0.2) is 56.1 Å². The number of carbonyl (C=O) groups is 1.